The number of rotatable bonds is 4. The number of benzene rings is 1. The summed E-state index contributed by atoms with van der Waals surface area (Å²) in [5.74, 6) is -1.10. The predicted molar refractivity (Wildman–Crippen MR) is 69.8 cm³/mol. The molecule has 6 heteroatoms. The molecule has 100 valence electrons. The zero-order chi connectivity index (χ0) is 14.4. The summed E-state index contributed by atoms with van der Waals surface area (Å²) in [6.45, 7) is 3.42. The van der Waals surface area contributed by atoms with E-state index in [0.29, 0.717) is 11.3 Å². The minimum absolute atomic E-state index is 0.279. The minimum atomic E-state index is -1.10. The van der Waals surface area contributed by atoms with Gasteiger partial charge in [-0.1, -0.05) is 19.1 Å². The fourth-order valence-corrected chi connectivity index (χ4v) is 1.58. The molecule has 1 rings (SSSR count). The zero-order valence-corrected chi connectivity index (χ0v) is 10.7. The van der Waals surface area contributed by atoms with Gasteiger partial charge in [-0.2, -0.15) is 5.26 Å². The maximum atomic E-state index is 11.7. The third-order valence-corrected chi connectivity index (χ3v) is 2.64. The number of aryl methyl sites for hydroxylation is 1. The molecule has 0 fully saturated rings. The second-order valence-electron chi connectivity index (χ2n) is 4.01. The lowest BCUT2D eigenvalue weighted by atomic mass is 10.1. The van der Waals surface area contributed by atoms with E-state index in [1.165, 1.54) is 0 Å². The number of anilines is 1. The molecule has 3 N–H and O–H groups in total. The Labute approximate surface area is 111 Å². The maximum Gasteiger partial charge on any atom is 0.326 e. The zero-order valence-electron chi connectivity index (χ0n) is 10.7. The van der Waals surface area contributed by atoms with E-state index in [2.05, 4.69) is 10.6 Å². The molecule has 0 heterocycles. The van der Waals surface area contributed by atoms with Crippen LogP contribution in [0.15, 0.2) is 18.2 Å². The number of urea groups is 1. The van der Waals surface area contributed by atoms with Crippen LogP contribution in [0.3, 0.4) is 0 Å². The number of hydrogen-bond acceptors (Lipinski definition) is 3. The molecular weight excluding hydrogens is 246 g/mol. The Kier molecular flexibility index (Phi) is 4.89. The number of carbonyl (C=O) groups is 2. The van der Waals surface area contributed by atoms with Crippen molar-refractivity contribution in [1.82, 2.24) is 5.32 Å². The predicted octanol–water partition coefficient (Wildman–Crippen LogP) is 1.85. The molecular formula is C13H15N3O3. The van der Waals surface area contributed by atoms with Crippen LogP contribution in [0, 0.1) is 18.3 Å². The van der Waals surface area contributed by atoms with Gasteiger partial charge in [-0.25, -0.2) is 9.59 Å². The SMILES string of the molecule is CC[C@@H](NC(=O)Nc1cccc(C)c1C#N)C(=O)O. The number of nitriles is 1. The van der Waals surface area contributed by atoms with Gasteiger partial charge in [-0.3, -0.25) is 0 Å². The topological polar surface area (TPSA) is 102 Å². The lowest BCUT2D eigenvalue weighted by Gasteiger charge is -2.14. The van der Waals surface area contributed by atoms with Crippen LogP contribution in [0.4, 0.5) is 10.5 Å². The van der Waals surface area contributed by atoms with Crippen molar-refractivity contribution in [3.05, 3.63) is 29.3 Å². The Morgan fingerprint density at radius 1 is 1.47 bits per heavy atom. The van der Waals surface area contributed by atoms with Crippen molar-refractivity contribution in [2.45, 2.75) is 26.3 Å². The molecule has 0 aromatic heterocycles. The van der Waals surface area contributed by atoms with Gasteiger partial charge in [0.1, 0.15) is 12.1 Å². The van der Waals surface area contributed by atoms with E-state index in [1.807, 2.05) is 6.07 Å². The van der Waals surface area contributed by atoms with Gasteiger partial charge in [-0.05, 0) is 25.0 Å². The van der Waals surface area contributed by atoms with Crippen molar-refractivity contribution in [2.75, 3.05) is 5.32 Å². The highest BCUT2D eigenvalue weighted by Gasteiger charge is 2.18. The average molecular weight is 261 g/mol. The van der Waals surface area contributed by atoms with Crippen LogP contribution in [-0.2, 0) is 4.79 Å². The quantitative estimate of drug-likeness (QED) is 0.769. The van der Waals surface area contributed by atoms with Gasteiger partial charge in [0.05, 0.1) is 11.3 Å². The van der Waals surface area contributed by atoms with E-state index in [4.69, 9.17) is 10.4 Å². The summed E-state index contributed by atoms with van der Waals surface area (Å²) in [7, 11) is 0. The molecule has 0 spiro atoms. The van der Waals surface area contributed by atoms with E-state index >= 15 is 0 Å². The van der Waals surface area contributed by atoms with Gasteiger partial charge in [0.2, 0.25) is 0 Å². The monoisotopic (exact) mass is 261 g/mol. The first-order chi connectivity index (χ1) is 8.99. The van der Waals surface area contributed by atoms with Gasteiger partial charge in [-0.15, -0.1) is 0 Å². The Hall–Kier alpha value is -2.55. The van der Waals surface area contributed by atoms with E-state index in [9.17, 15) is 9.59 Å². The highest BCUT2D eigenvalue weighted by atomic mass is 16.4. The Morgan fingerprint density at radius 3 is 2.68 bits per heavy atom. The summed E-state index contributed by atoms with van der Waals surface area (Å²) >= 11 is 0. The number of carboxylic acid groups (broad SMARTS) is 1. The van der Waals surface area contributed by atoms with Gasteiger partial charge in [0.15, 0.2) is 0 Å². The lowest BCUT2D eigenvalue weighted by molar-refractivity contribution is -0.139. The second-order valence-corrected chi connectivity index (χ2v) is 4.01. The summed E-state index contributed by atoms with van der Waals surface area (Å²) in [6, 6.07) is 5.47. The highest BCUT2D eigenvalue weighted by Crippen LogP contribution is 2.18. The van der Waals surface area contributed by atoms with Crippen molar-refractivity contribution in [3.63, 3.8) is 0 Å². The molecule has 19 heavy (non-hydrogen) atoms. The molecule has 0 aliphatic rings. The first kappa shape index (κ1) is 14.5. The third-order valence-electron chi connectivity index (χ3n) is 2.64. The Morgan fingerprint density at radius 2 is 2.16 bits per heavy atom. The molecule has 2 amide bonds. The van der Waals surface area contributed by atoms with Crippen molar-refractivity contribution in [2.24, 2.45) is 0 Å². The van der Waals surface area contributed by atoms with E-state index < -0.39 is 18.0 Å². The Balaban J connectivity index is 2.81. The molecule has 0 aliphatic heterocycles. The van der Waals surface area contributed by atoms with Crippen molar-refractivity contribution < 1.29 is 14.7 Å². The van der Waals surface area contributed by atoms with Crippen molar-refractivity contribution >= 4 is 17.7 Å². The number of nitrogens with one attached hydrogen (secondary N) is 2. The summed E-state index contributed by atoms with van der Waals surface area (Å²) < 4.78 is 0. The van der Waals surface area contributed by atoms with Crippen LogP contribution in [-0.4, -0.2) is 23.1 Å². The lowest BCUT2D eigenvalue weighted by Crippen LogP contribution is -2.42. The standard InChI is InChI=1S/C13H15N3O3/c1-3-10(12(17)18)15-13(19)16-11-6-4-5-8(2)9(11)7-14/h4-6,10H,3H2,1-2H3,(H,17,18)(H2,15,16,19)/t10-/m1/s1. The van der Waals surface area contributed by atoms with Crippen LogP contribution in [0.2, 0.25) is 0 Å². The fraction of sp³-hybridized carbons (Fsp3) is 0.308. The van der Waals surface area contributed by atoms with Crippen LogP contribution in [0.25, 0.3) is 0 Å². The number of aliphatic carboxylic acids is 1. The van der Waals surface area contributed by atoms with Gasteiger partial charge in [0, 0.05) is 0 Å². The van der Waals surface area contributed by atoms with E-state index in [0.717, 1.165) is 5.56 Å². The number of amides is 2. The maximum absolute atomic E-state index is 11.7. The fourth-order valence-electron chi connectivity index (χ4n) is 1.58. The van der Waals surface area contributed by atoms with Crippen LogP contribution in [0.5, 0.6) is 0 Å². The molecule has 0 bridgehead atoms. The smallest absolute Gasteiger partial charge is 0.326 e. The summed E-state index contributed by atoms with van der Waals surface area (Å²) in [6.07, 6.45) is 0.279. The Bertz CT molecular complexity index is 534. The number of hydrogen-bond donors (Lipinski definition) is 3. The number of carboxylic acids is 1. The van der Waals surface area contributed by atoms with E-state index in [-0.39, 0.29) is 6.42 Å². The molecule has 6 nitrogen and oxygen atoms in total. The minimum Gasteiger partial charge on any atom is -0.480 e. The normalized spacial score (nSPS) is 11.2. The molecule has 1 aromatic rings. The number of carbonyl (C=O) groups excluding carboxylic acids is 1. The third kappa shape index (κ3) is 3.71. The molecule has 0 unspecified atom stereocenters. The molecule has 1 aromatic carbocycles. The molecule has 0 aliphatic carbocycles. The molecule has 1 atom stereocenters. The van der Waals surface area contributed by atoms with Crippen LogP contribution >= 0.6 is 0 Å². The first-order valence-corrected chi connectivity index (χ1v) is 5.79. The van der Waals surface area contributed by atoms with Crippen molar-refractivity contribution in [1.29, 1.82) is 5.26 Å². The first-order valence-electron chi connectivity index (χ1n) is 5.79. The molecule has 0 saturated heterocycles. The van der Waals surface area contributed by atoms with Gasteiger partial charge in [0.25, 0.3) is 0 Å². The average Bonchev–Trinajstić information content (AvgIpc) is 2.36. The second kappa shape index (κ2) is 6.40. The van der Waals surface area contributed by atoms with E-state index in [1.54, 1.807) is 32.0 Å². The summed E-state index contributed by atoms with van der Waals surface area (Å²) in [5, 5.41) is 22.7. The summed E-state index contributed by atoms with van der Waals surface area (Å²) in [5.41, 5.74) is 1.46. The van der Waals surface area contributed by atoms with Crippen LogP contribution in [0.1, 0.15) is 24.5 Å². The number of nitrogens with zero attached hydrogens (tertiary/aromatic N) is 1. The van der Waals surface area contributed by atoms with Gasteiger partial charge < -0.3 is 15.7 Å². The van der Waals surface area contributed by atoms with Gasteiger partial charge >= 0.3 is 12.0 Å². The molecule has 0 radical (unpaired) electrons. The largest absolute Gasteiger partial charge is 0.480 e. The summed E-state index contributed by atoms with van der Waals surface area (Å²) in [4.78, 5) is 22.5. The van der Waals surface area contributed by atoms with Crippen LogP contribution < -0.4 is 10.6 Å². The molecule has 0 saturated carbocycles. The van der Waals surface area contributed by atoms with Crippen molar-refractivity contribution in [3.8, 4) is 6.07 Å². The highest BCUT2D eigenvalue weighted by molar-refractivity contribution is 5.93.